The number of nitrogens with one attached hydrogen (secondary N) is 1. The molecule has 1 unspecified atom stereocenters. The highest BCUT2D eigenvalue weighted by Crippen LogP contribution is 2.24. The molecule has 2 rings (SSSR count). The number of pyridine rings is 1. The van der Waals surface area contributed by atoms with Crippen LogP contribution in [0.1, 0.15) is 22.7 Å². The maximum Gasteiger partial charge on any atom is 0.128 e. The zero-order valence-electron chi connectivity index (χ0n) is 11.9. The van der Waals surface area contributed by atoms with E-state index in [1.165, 1.54) is 6.07 Å². The topological polar surface area (TPSA) is 54.2 Å². The highest BCUT2D eigenvalue weighted by atomic mass is 19.1. The molecule has 20 heavy (non-hydrogen) atoms. The van der Waals surface area contributed by atoms with Gasteiger partial charge in [0.05, 0.1) is 6.04 Å². The van der Waals surface area contributed by atoms with Crippen molar-refractivity contribution in [3.05, 3.63) is 59.0 Å². The fraction of sp³-hybridized carbons (Fsp3) is 0.267. The van der Waals surface area contributed by atoms with Crippen LogP contribution >= 0.6 is 0 Å². The normalized spacial score (nSPS) is 12.2. The maximum atomic E-state index is 14.1. The molecule has 0 fully saturated rings. The Hall–Kier alpha value is -1.98. The molecular formula is C15H19FN4. The average molecular weight is 274 g/mol. The number of hydrogen-bond acceptors (Lipinski definition) is 4. The first-order chi connectivity index (χ1) is 9.52. The van der Waals surface area contributed by atoms with Crippen LogP contribution in [0.4, 0.5) is 10.2 Å². The third-order valence-electron chi connectivity index (χ3n) is 3.20. The minimum Gasteiger partial charge on any atom is -0.363 e. The van der Waals surface area contributed by atoms with E-state index in [9.17, 15) is 4.39 Å². The minimum atomic E-state index is -0.417. The van der Waals surface area contributed by atoms with Crippen molar-refractivity contribution >= 4 is 5.82 Å². The number of benzene rings is 1. The van der Waals surface area contributed by atoms with E-state index in [1.807, 2.05) is 44.1 Å². The van der Waals surface area contributed by atoms with Crippen LogP contribution in [0.5, 0.6) is 0 Å². The Morgan fingerprint density at radius 1 is 1.25 bits per heavy atom. The summed E-state index contributed by atoms with van der Waals surface area (Å²) in [4.78, 5) is 6.23. The molecule has 0 bridgehead atoms. The number of hydrazine groups is 1. The van der Waals surface area contributed by atoms with Gasteiger partial charge in [0.1, 0.15) is 11.6 Å². The van der Waals surface area contributed by atoms with Crippen molar-refractivity contribution < 1.29 is 4.39 Å². The number of nitrogens with zero attached hydrogens (tertiary/aromatic N) is 2. The third kappa shape index (κ3) is 2.95. The lowest BCUT2D eigenvalue weighted by Crippen LogP contribution is -2.29. The number of hydrogen-bond donors (Lipinski definition) is 2. The molecule has 1 atom stereocenters. The zero-order valence-corrected chi connectivity index (χ0v) is 11.9. The van der Waals surface area contributed by atoms with Gasteiger partial charge in [-0.2, -0.15) is 0 Å². The molecule has 0 saturated carbocycles. The van der Waals surface area contributed by atoms with Gasteiger partial charge in [0.15, 0.2) is 0 Å². The van der Waals surface area contributed by atoms with E-state index in [4.69, 9.17) is 5.84 Å². The molecular weight excluding hydrogens is 255 g/mol. The molecule has 0 radical (unpaired) electrons. The minimum absolute atomic E-state index is 0.273. The lowest BCUT2D eigenvalue weighted by atomic mass is 9.99. The Morgan fingerprint density at radius 3 is 2.50 bits per heavy atom. The summed E-state index contributed by atoms with van der Waals surface area (Å²) in [5.41, 5.74) is 4.86. The van der Waals surface area contributed by atoms with Gasteiger partial charge < -0.3 is 4.90 Å². The van der Waals surface area contributed by atoms with Gasteiger partial charge in [0.2, 0.25) is 0 Å². The van der Waals surface area contributed by atoms with Crippen molar-refractivity contribution in [3.8, 4) is 0 Å². The first kappa shape index (κ1) is 14.4. The Kier molecular flexibility index (Phi) is 4.32. The van der Waals surface area contributed by atoms with E-state index >= 15 is 0 Å². The molecule has 2 aromatic rings. The number of aryl methyl sites for hydroxylation is 1. The first-order valence-corrected chi connectivity index (χ1v) is 6.38. The molecule has 0 aliphatic carbocycles. The largest absolute Gasteiger partial charge is 0.363 e. The number of rotatable bonds is 4. The quantitative estimate of drug-likeness (QED) is 0.662. The monoisotopic (exact) mass is 274 g/mol. The zero-order chi connectivity index (χ0) is 14.7. The Morgan fingerprint density at radius 2 is 2.00 bits per heavy atom. The molecule has 1 heterocycles. The van der Waals surface area contributed by atoms with Crippen molar-refractivity contribution in [1.82, 2.24) is 10.4 Å². The number of nitrogens with two attached hydrogens (primary N) is 1. The van der Waals surface area contributed by atoms with E-state index in [2.05, 4.69) is 10.4 Å². The molecule has 3 N–H and O–H groups in total. The van der Waals surface area contributed by atoms with Crippen LogP contribution in [-0.2, 0) is 0 Å². The fourth-order valence-electron chi connectivity index (χ4n) is 2.06. The maximum absolute atomic E-state index is 14.1. The summed E-state index contributed by atoms with van der Waals surface area (Å²) >= 11 is 0. The van der Waals surface area contributed by atoms with Crippen LogP contribution in [0.2, 0.25) is 0 Å². The predicted octanol–water partition coefficient (Wildman–Crippen LogP) is 2.15. The molecule has 1 aromatic carbocycles. The van der Waals surface area contributed by atoms with Crippen LogP contribution in [0.25, 0.3) is 0 Å². The van der Waals surface area contributed by atoms with Crippen molar-refractivity contribution in [2.45, 2.75) is 13.0 Å². The fourth-order valence-corrected chi connectivity index (χ4v) is 2.06. The van der Waals surface area contributed by atoms with Crippen molar-refractivity contribution in [3.63, 3.8) is 0 Å². The van der Waals surface area contributed by atoms with Gasteiger partial charge in [-0.15, -0.1) is 0 Å². The smallest absolute Gasteiger partial charge is 0.128 e. The molecule has 1 aromatic heterocycles. The van der Waals surface area contributed by atoms with Gasteiger partial charge in [0, 0.05) is 25.9 Å². The summed E-state index contributed by atoms with van der Waals surface area (Å²) in [6.07, 6.45) is 1.71. The Labute approximate surface area is 118 Å². The van der Waals surface area contributed by atoms with Gasteiger partial charge in [0.25, 0.3) is 0 Å². The van der Waals surface area contributed by atoms with E-state index < -0.39 is 6.04 Å². The number of anilines is 1. The standard InChI is InChI=1S/C15H19FN4/c1-10-4-6-12(13(16)8-10)15(19-17)11-5-7-14(18-9-11)20(2)3/h4-9,15,19H,17H2,1-3H3. The summed E-state index contributed by atoms with van der Waals surface area (Å²) < 4.78 is 14.1. The van der Waals surface area contributed by atoms with Gasteiger partial charge in [-0.3, -0.25) is 5.84 Å². The van der Waals surface area contributed by atoms with Crippen molar-refractivity contribution in [2.75, 3.05) is 19.0 Å². The molecule has 0 aliphatic rings. The van der Waals surface area contributed by atoms with E-state index in [-0.39, 0.29) is 5.82 Å². The van der Waals surface area contributed by atoms with E-state index in [0.717, 1.165) is 16.9 Å². The molecule has 0 spiro atoms. The third-order valence-corrected chi connectivity index (χ3v) is 3.20. The average Bonchev–Trinajstić information content (AvgIpc) is 2.42. The van der Waals surface area contributed by atoms with Crippen LogP contribution in [0, 0.1) is 12.7 Å². The summed E-state index contributed by atoms with van der Waals surface area (Å²) in [6.45, 7) is 1.85. The van der Waals surface area contributed by atoms with E-state index in [0.29, 0.717) is 5.56 Å². The lowest BCUT2D eigenvalue weighted by molar-refractivity contribution is 0.558. The SMILES string of the molecule is Cc1ccc(C(NN)c2ccc(N(C)C)nc2)c(F)c1. The second-order valence-electron chi connectivity index (χ2n) is 4.97. The van der Waals surface area contributed by atoms with Crippen molar-refractivity contribution in [2.24, 2.45) is 5.84 Å². The molecule has 106 valence electrons. The molecule has 0 aliphatic heterocycles. The van der Waals surface area contributed by atoms with Crippen LogP contribution in [0.15, 0.2) is 36.5 Å². The Balaban J connectivity index is 2.36. The molecule has 0 saturated heterocycles. The number of halogens is 1. The molecule has 4 nitrogen and oxygen atoms in total. The molecule has 5 heteroatoms. The first-order valence-electron chi connectivity index (χ1n) is 6.38. The van der Waals surface area contributed by atoms with Gasteiger partial charge in [-0.25, -0.2) is 14.8 Å². The second kappa shape index (κ2) is 5.98. The second-order valence-corrected chi connectivity index (χ2v) is 4.97. The van der Waals surface area contributed by atoms with E-state index in [1.54, 1.807) is 12.3 Å². The van der Waals surface area contributed by atoms with Crippen LogP contribution in [-0.4, -0.2) is 19.1 Å². The summed E-state index contributed by atoms with van der Waals surface area (Å²) in [6, 6.07) is 8.47. The van der Waals surface area contributed by atoms with Gasteiger partial charge in [-0.05, 0) is 30.2 Å². The van der Waals surface area contributed by atoms with Crippen LogP contribution in [0.3, 0.4) is 0 Å². The Bertz CT molecular complexity index is 581. The number of aromatic nitrogens is 1. The van der Waals surface area contributed by atoms with Crippen molar-refractivity contribution in [1.29, 1.82) is 0 Å². The molecule has 0 amide bonds. The summed E-state index contributed by atoms with van der Waals surface area (Å²) in [5.74, 6) is 6.15. The highest BCUT2D eigenvalue weighted by molar-refractivity contribution is 5.40. The lowest BCUT2D eigenvalue weighted by Gasteiger charge is -2.19. The predicted molar refractivity (Wildman–Crippen MR) is 78.9 cm³/mol. The highest BCUT2D eigenvalue weighted by Gasteiger charge is 2.17. The van der Waals surface area contributed by atoms with Gasteiger partial charge in [-0.1, -0.05) is 18.2 Å². The van der Waals surface area contributed by atoms with Gasteiger partial charge >= 0.3 is 0 Å². The summed E-state index contributed by atoms with van der Waals surface area (Å²) in [7, 11) is 3.83. The summed E-state index contributed by atoms with van der Waals surface area (Å²) in [5, 5.41) is 0. The van der Waals surface area contributed by atoms with Crippen LogP contribution < -0.4 is 16.2 Å².